The van der Waals surface area contributed by atoms with Crippen molar-refractivity contribution in [3.8, 4) is 5.75 Å². The van der Waals surface area contributed by atoms with E-state index in [1.54, 1.807) is 19.9 Å². The molecule has 0 radical (unpaired) electrons. The fourth-order valence-corrected chi connectivity index (χ4v) is 2.15. The lowest BCUT2D eigenvalue weighted by Gasteiger charge is -2.14. The van der Waals surface area contributed by atoms with Gasteiger partial charge in [-0.2, -0.15) is 0 Å². The molecular formula is C15H15ClO5. The first-order chi connectivity index (χ1) is 9.85. The summed E-state index contributed by atoms with van der Waals surface area (Å²) in [4.78, 5) is 23.1. The van der Waals surface area contributed by atoms with Gasteiger partial charge in [-0.1, -0.05) is 11.6 Å². The molecule has 1 aromatic heterocycles. The maximum atomic E-state index is 11.7. The number of ether oxygens (including phenoxy) is 2. The smallest absolute Gasteiger partial charge is 0.346 e. The molecule has 1 atom stereocenters. The summed E-state index contributed by atoms with van der Waals surface area (Å²) < 4.78 is 15.3. The summed E-state index contributed by atoms with van der Waals surface area (Å²) in [6, 6.07) is 3.16. The van der Waals surface area contributed by atoms with Crippen LogP contribution in [0.5, 0.6) is 5.75 Å². The van der Waals surface area contributed by atoms with Crippen LogP contribution in [0.25, 0.3) is 11.0 Å². The Morgan fingerprint density at radius 3 is 2.57 bits per heavy atom. The maximum Gasteiger partial charge on any atom is 0.346 e. The van der Waals surface area contributed by atoms with Crippen LogP contribution in [0, 0.1) is 13.8 Å². The molecule has 0 bridgehead atoms. The van der Waals surface area contributed by atoms with Gasteiger partial charge < -0.3 is 13.9 Å². The van der Waals surface area contributed by atoms with Gasteiger partial charge in [0.25, 0.3) is 0 Å². The zero-order valence-corrected chi connectivity index (χ0v) is 12.9. The highest BCUT2D eigenvalue weighted by Crippen LogP contribution is 2.32. The summed E-state index contributed by atoms with van der Waals surface area (Å²) in [5.41, 5.74) is 1.29. The predicted octanol–water partition coefficient (Wildman–Crippen LogP) is 3.00. The second-order valence-electron chi connectivity index (χ2n) is 4.70. The van der Waals surface area contributed by atoms with Crippen LogP contribution in [-0.2, 0) is 9.53 Å². The minimum Gasteiger partial charge on any atom is -0.477 e. The lowest BCUT2D eigenvalue weighted by molar-refractivity contribution is -0.147. The van der Waals surface area contributed by atoms with Gasteiger partial charge >= 0.3 is 11.6 Å². The molecule has 1 heterocycles. The molecule has 0 saturated heterocycles. The van der Waals surface area contributed by atoms with Crippen molar-refractivity contribution in [2.24, 2.45) is 0 Å². The molecule has 0 unspecified atom stereocenters. The van der Waals surface area contributed by atoms with E-state index in [0.29, 0.717) is 16.2 Å². The number of carbonyl (C=O) groups is 1. The minimum atomic E-state index is -0.816. The van der Waals surface area contributed by atoms with Crippen LogP contribution in [0.3, 0.4) is 0 Å². The van der Waals surface area contributed by atoms with Gasteiger partial charge in [0.2, 0.25) is 0 Å². The molecule has 0 N–H and O–H groups in total. The standard InChI is InChI=1S/C15H15ClO5/c1-7-8(2)14(17)21-12-6-13(11(16)5-10(7)12)20-9(3)15(18)19-4/h5-6,9H,1-4H3/t9-/m1/s1. The molecule has 0 spiro atoms. The Kier molecular flexibility index (Phi) is 4.23. The predicted molar refractivity (Wildman–Crippen MR) is 79.1 cm³/mol. The highest BCUT2D eigenvalue weighted by Gasteiger charge is 2.18. The number of hydrogen-bond acceptors (Lipinski definition) is 5. The van der Waals surface area contributed by atoms with E-state index in [4.69, 9.17) is 20.8 Å². The molecule has 6 heteroatoms. The van der Waals surface area contributed by atoms with Gasteiger partial charge in [0.1, 0.15) is 11.3 Å². The third-order valence-corrected chi connectivity index (χ3v) is 3.64. The second kappa shape index (κ2) is 5.77. The molecule has 1 aromatic carbocycles. The normalized spacial score (nSPS) is 12.2. The van der Waals surface area contributed by atoms with Crippen molar-refractivity contribution in [3.63, 3.8) is 0 Å². The number of hydrogen-bond donors (Lipinski definition) is 0. The van der Waals surface area contributed by atoms with Crippen LogP contribution in [0.4, 0.5) is 0 Å². The number of halogens is 1. The molecule has 0 aliphatic heterocycles. The van der Waals surface area contributed by atoms with Crippen LogP contribution in [0.15, 0.2) is 21.3 Å². The van der Waals surface area contributed by atoms with Gasteiger partial charge in [-0.3, -0.25) is 0 Å². The lowest BCUT2D eigenvalue weighted by atomic mass is 10.1. The van der Waals surface area contributed by atoms with Gasteiger partial charge in [0, 0.05) is 17.0 Å². The van der Waals surface area contributed by atoms with E-state index >= 15 is 0 Å². The number of esters is 1. The van der Waals surface area contributed by atoms with Crippen LogP contribution < -0.4 is 10.4 Å². The van der Waals surface area contributed by atoms with Gasteiger partial charge in [-0.25, -0.2) is 9.59 Å². The fraction of sp³-hybridized carbons (Fsp3) is 0.333. The Labute approximate surface area is 126 Å². The molecule has 0 aliphatic carbocycles. The van der Waals surface area contributed by atoms with E-state index in [1.807, 2.05) is 6.92 Å². The van der Waals surface area contributed by atoms with Crippen molar-refractivity contribution in [3.05, 3.63) is 38.7 Å². The minimum absolute atomic E-state index is 0.258. The molecule has 0 aliphatic rings. The molecule has 5 nitrogen and oxygen atoms in total. The summed E-state index contributed by atoms with van der Waals surface area (Å²) in [5.74, 6) is -0.263. The molecule has 0 saturated carbocycles. The first-order valence-electron chi connectivity index (χ1n) is 6.33. The zero-order chi connectivity index (χ0) is 15.7. The molecular weight excluding hydrogens is 296 g/mol. The second-order valence-corrected chi connectivity index (χ2v) is 5.11. The Hall–Kier alpha value is -2.01. The highest BCUT2D eigenvalue weighted by atomic mass is 35.5. The zero-order valence-electron chi connectivity index (χ0n) is 12.2. The third-order valence-electron chi connectivity index (χ3n) is 3.35. The molecule has 2 aromatic rings. The van der Waals surface area contributed by atoms with E-state index in [9.17, 15) is 9.59 Å². The van der Waals surface area contributed by atoms with Crippen molar-refractivity contribution < 1.29 is 18.7 Å². The van der Waals surface area contributed by atoms with E-state index < -0.39 is 17.7 Å². The first kappa shape index (κ1) is 15.4. The molecule has 2 rings (SSSR count). The summed E-state index contributed by atoms with van der Waals surface area (Å²) in [7, 11) is 1.27. The summed E-state index contributed by atoms with van der Waals surface area (Å²) >= 11 is 6.16. The van der Waals surface area contributed by atoms with Gasteiger partial charge in [0.15, 0.2) is 6.10 Å². The number of rotatable bonds is 3. The largest absolute Gasteiger partial charge is 0.477 e. The maximum absolute atomic E-state index is 11.7. The number of benzene rings is 1. The lowest BCUT2D eigenvalue weighted by Crippen LogP contribution is -2.25. The first-order valence-corrected chi connectivity index (χ1v) is 6.71. The van der Waals surface area contributed by atoms with Crippen LogP contribution in [0.1, 0.15) is 18.1 Å². The van der Waals surface area contributed by atoms with Gasteiger partial charge in [-0.15, -0.1) is 0 Å². The summed E-state index contributed by atoms with van der Waals surface area (Å²) in [6.45, 7) is 5.06. The van der Waals surface area contributed by atoms with Crippen molar-refractivity contribution in [2.75, 3.05) is 7.11 Å². The topological polar surface area (TPSA) is 65.7 Å². The van der Waals surface area contributed by atoms with Crippen molar-refractivity contribution in [1.82, 2.24) is 0 Å². The van der Waals surface area contributed by atoms with E-state index in [1.165, 1.54) is 13.2 Å². The van der Waals surface area contributed by atoms with Crippen molar-refractivity contribution in [1.29, 1.82) is 0 Å². The monoisotopic (exact) mass is 310 g/mol. The Morgan fingerprint density at radius 1 is 1.29 bits per heavy atom. The highest BCUT2D eigenvalue weighted by molar-refractivity contribution is 6.32. The van der Waals surface area contributed by atoms with E-state index in [2.05, 4.69) is 4.74 Å². The van der Waals surface area contributed by atoms with Crippen LogP contribution >= 0.6 is 11.6 Å². The Bertz CT molecular complexity index is 763. The van der Waals surface area contributed by atoms with Crippen LogP contribution in [-0.4, -0.2) is 19.2 Å². The van der Waals surface area contributed by atoms with Crippen molar-refractivity contribution in [2.45, 2.75) is 26.9 Å². The number of methoxy groups -OCH3 is 1. The number of aryl methyl sites for hydroxylation is 1. The Balaban J connectivity index is 2.53. The number of fused-ring (bicyclic) bond motifs is 1. The molecule has 0 fully saturated rings. The third kappa shape index (κ3) is 2.88. The summed E-state index contributed by atoms with van der Waals surface area (Å²) in [6.07, 6.45) is -0.816. The molecule has 0 amide bonds. The number of carbonyl (C=O) groups excluding carboxylic acids is 1. The van der Waals surface area contributed by atoms with Gasteiger partial charge in [-0.05, 0) is 32.4 Å². The van der Waals surface area contributed by atoms with Crippen molar-refractivity contribution >= 4 is 28.5 Å². The molecule has 112 valence electrons. The fourth-order valence-electron chi connectivity index (χ4n) is 1.94. The SMILES string of the molecule is COC(=O)[C@@H](C)Oc1cc2oc(=O)c(C)c(C)c2cc1Cl. The van der Waals surface area contributed by atoms with Gasteiger partial charge in [0.05, 0.1) is 12.1 Å². The Morgan fingerprint density at radius 2 is 1.95 bits per heavy atom. The van der Waals surface area contributed by atoms with E-state index in [-0.39, 0.29) is 5.75 Å². The van der Waals surface area contributed by atoms with Crippen LogP contribution in [0.2, 0.25) is 5.02 Å². The average molecular weight is 311 g/mol. The summed E-state index contributed by atoms with van der Waals surface area (Å²) in [5, 5.41) is 1.06. The molecule has 21 heavy (non-hydrogen) atoms. The van der Waals surface area contributed by atoms with E-state index in [0.717, 1.165) is 10.9 Å². The quantitative estimate of drug-likeness (QED) is 0.644. The average Bonchev–Trinajstić information content (AvgIpc) is 2.46.